The Morgan fingerprint density at radius 3 is 2.26 bits per heavy atom. The lowest BCUT2D eigenvalue weighted by atomic mass is 10.0. The summed E-state index contributed by atoms with van der Waals surface area (Å²) < 4.78 is 15.9. The number of hydrogen-bond acceptors (Lipinski definition) is 4. The topological polar surface area (TPSA) is 44.8 Å². The third-order valence-corrected chi connectivity index (χ3v) is 3.57. The summed E-state index contributed by atoms with van der Waals surface area (Å²) in [7, 11) is 3.08. The van der Waals surface area contributed by atoms with Gasteiger partial charge in [-0.25, -0.2) is 4.79 Å². The first kappa shape index (κ1) is 16.9. The van der Waals surface area contributed by atoms with E-state index < -0.39 is 5.97 Å². The van der Waals surface area contributed by atoms with Crippen LogP contribution in [0.4, 0.5) is 0 Å². The molecule has 0 aliphatic heterocycles. The molecule has 4 nitrogen and oxygen atoms in total. The SMILES string of the molecule is COc1ccc(C(=O)Oc2cc(C)cc(C(C)C)c2)cc1OC. The van der Waals surface area contributed by atoms with E-state index in [2.05, 4.69) is 19.9 Å². The van der Waals surface area contributed by atoms with Gasteiger partial charge in [0.1, 0.15) is 5.75 Å². The largest absolute Gasteiger partial charge is 0.493 e. The van der Waals surface area contributed by atoms with Gasteiger partial charge in [-0.05, 0) is 54.3 Å². The van der Waals surface area contributed by atoms with Gasteiger partial charge in [-0.2, -0.15) is 0 Å². The number of carbonyl (C=O) groups excluding carboxylic acids is 1. The molecule has 23 heavy (non-hydrogen) atoms. The van der Waals surface area contributed by atoms with Gasteiger partial charge >= 0.3 is 5.97 Å². The van der Waals surface area contributed by atoms with Crippen molar-refractivity contribution in [3.63, 3.8) is 0 Å². The molecule has 0 aromatic heterocycles. The van der Waals surface area contributed by atoms with Crippen LogP contribution in [-0.4, -0.2) is 20.2 Å². The highest BCUT2D eigenvalue weighted by atomic mass is 16.5. The first-order chi connectivity index (χ1) is 10.9. The summed E-state index contributed by atoms with van der Waals surface area (Å²) in [6.45, 7) is 6.20. The van der Waals surface area contributed by atoms with Crippen molar-refractivity contribution in [3.05, 3.63) is 53.1 Å². The molecule has 122 valence electrons. The predicted molar refractivity (Wildman–Crippen MR) is 89.8 cm³/mol. The normalized spacial score (nSPS) is 10.5. The quantitative estimate of drug-likeness (QED) is 0.608. The molecule has 0 unspecified atom stereocenters. The Hall–Kier alpha value is -2.49. The standard InChI is InChI=1S/C19H22O4/c1-12(2)15-8-13(3)9-16(10-15)23-19(20)14-6-7-17(21-4)18(11-14)22-5/h6-12H,1-5H3. The van der Waals surface area contributed by atoms with Crippen LogP contribution >= 0.6 is 0 Å². The first-order valence-electron chi connectivity index (χ1n) is 7.50. The zero-order valence-corrected chi connectivity index (χ0v) is 14.2. The summed E-state index contributed by atoms with van der Waals surface area (Å²) in [6.07, 6.45) is 0. The second kappa shape index (κ2) is 7.18. The number of carbonyl (C=O) groups is 1. The average molecular weight is 314 g/mol. The van der Waals surface area contributed by atoms with Crippen LogP contribution in [0.2, 0.25) is 0 Å². The monoisotopic (exact) mass is 314 g/mol. The fourth-order valence-electron chi connectivity index (χ4n) is 2.30. The summed E-state index contributed by atoms with van der Waals surface area (Å²) in [6, 6.07) is 10.8. The van der Waals surface area contributed by atoms with Gasteiger partial charge in [0.2, 0.25) is 0 Å². The maximum Gasteiger partial charge on any atom is 0.343 e. The summed E-state index contributed by atoms with van der Waals surface area (Å²) in [5.74, 6) is 1.56. The molecule has 0 spiro atoms. The molecule has 0 aliphatic rings. The average Bonchev–Trinajstić information content (AvgIpc) is 2.53. The molecule has 0 atom stereocenters. The van der Waals surface area contributed by atoms with Crippen molar-refractivity contribution in [2.45, 2.75) is 26.7 Å². The van der Waals surface area contributed by atoms with Crippen molar-refractivity contribution in [2.75, 3.05) is 14.2 Å². The third kappa shape index (κ3) is 4.03. The molecule has 4 heteroatoms. The van der Waals surface area contributed by atoms with Gasteiger partial charge in [-0.3, -0.25) is 0 Å². The molecule has 0 radical (unpaired) electrons. The Bertz CT molecular complexity index is 705. The zero-order valence-electron chi connectivity index (χ0n) is 14.2. The minimum atomic E-state index is -0.425. The molecule has 0 saturated carbocycles. The third-order valence-electron chi connectivity index (χ3n) is 3.57. The van der Waals surface area contributed by atoms with E-state index in [0.29, 0.717) is 28.7 Å². The predicted octanol–water partition coefficient (Wildman–Crippen LogP) is 4.35. The number of hydrogen-bond donors (Lipinski definition) is 0. The van der Waals surface area contributed by atoms with Crippen LogP contribution in [0.15, 0.2) is 36.4 Å². The Kier molecular flexibility index (Phi) is 5.27. The fraction of sp³-hybridized carbons (Fsp3) is 0.316. The lowest BCUT2D eigenvalue weighted by Crippen LogP contribution is -2.09. The molecule has 0 heterocycles. The van der Waals surface area contributed by atoms with Crippen LogP contribution in [-0.2, 0) is 0 Å². The Balaban J connectivity index is 2.25. The van der Waals surface area contributed by atoms with Gasteiger partial charge in [-0.1, -0.05) is 19.9 Å². The van der Waals surface area contributed by atoms with Gasteiger partial charge in [0.05, 0.1) is 19.8 Å². The van der Waals surface area contributed by atoms with Gasteiger partial charge in [0, 0.05) is 0 Å². The van der Waals surface area contributed by atoms with Crippen LogP contribution in [0.25, 0.3) is 0 Å². The van der Waals surface area contributed by atoms with Gasteiger partial charge in [-0.15, -0.1) is 0 Å². The van der Waals surface area contributed by atoms with Gasteiger partial charge in [0.25, 0.3) is 0 Å². The smallest absolute Gasteiger partial charge is 0.343 e. The van der Waals surface area contributed by atoms with E-state index in [9.17, 15) is 4.79 Å². The Morgan fingerprint density at radius 1 is 0.957 bits per heavy atom. The van der Waals surface area contributed by atoms with E-state index in [4.69, 9.17) is 14.2 Å². The highest BCUT2D eigenvalue weighted by Gasteiger charge is 2.14. The minimum Gasteiger partial charge on any atom is -0.493 e. The van der Waals surface area contributed by atoms with E-state index >= 15 is 0 Å². The Labute approximate surface area is 137 Å². The van der Waals surface area contributed by atoms with E-state index in [1.807, 2.05) is 19.1 Å². The highest BCUT2D eigenvalue weighted by Crippen LogP contribution is 2.28. The molecule has 0 N–H and O–H groups in total. The lowest BCUT2D eigenvalue weighted by molar-refractivity contribution is 0.0734. The van der Waals surface area contributed by atoms with Crippen molar-refractivity contribution in [1.82, 2.24) is 0 Å². The molecule has 2 aromatic carbocycles. The van der Waals surface area contributed by atoms with E-state index in [0.717, 1.165) is 11.1 Å². The van der Waals surface area contributed by atoms with E-state index in [-0.39, 0.29) is 0 Å². The molecule has 2 rings (SSSR count). The molecule has 0 bridgehead atoms. The van der Waals surface area contributed by atoms with Crippen LogP contribution in [0, 0.1) is 6.92 Å². The van der Waals surface area contributed by atoms with Crippen molar-refractivity contribution >= 4 is 5.97 Å². The second-order valence-corrected chi connectivity index (χ2v) is 5.69. The van der Waals surface area contributed by atoms with E-state index in [1.165, 1.54) is 7.11 Å². The van der Waals surface area contributed by atoms with Crippen LogP contribution in [0.5, 0.6) is 17.2 Å². The maximum absolute atomic E-state index is 12.4. The molecule has 0 amide bonds. The minimum absolute atomic E-state index is 0.369. The van der Waals surface area contributed by atoms with Crippen molar-refractivity contribution in [3.8, 4) is 17.2 Å². The molecule has 0 aliphatic carbocycles. The number of benzene rings is 2. The molecular formula is C19H22O4. The van der Waals surface area contributed by atoms with E-state index in [1.54, 1.807) is 25.3 Å². The zero-order chi connectivity index (χ0) is 17.0. The van der Waals surface area contributed by atoms with Crippen molar-refractivity contribution < 1.29 is 19.0 Å². The number of aryl methyl sites for hydroxylation is 1. The number of ether oxygens (including phenoxy) is 3. The summed E-state index contributed by atoms with van der Waals surface area (Å²) in [5, 5.41) is 0. The molecule has 0 fully saturated rings. The van der Waals surface area contributed by atoms with Crippen molar-refractivity contribution in [2.24, 2.45) is 0 Å². The Morgan fingerprint density at radius 2 is 1.65 bits per heavy atom. The summed E-state index contributed by atoms with van der Waals surface area (Å²) in [4.78, 5) is 12.4. The van der Waals surface area contributed by atoms with Crippen LogP contribution < -0.4 is 14.2 Å². The summed E-state index contributed by atoms with van der Waals surface area (Å²) >= 11 is 0. The molecule has 0 saturated heterocycles. The molecule has 2 aromatic rings. The number of rotatable bonds is 5. The lowest BCUT2D eigenvalue weighted by Gasteiger charge is -2.12. The molecular weight excluding hydrogens is 292 g/mol. The number of methoxy groups -OCH3 is 2. The van der Waals surface area contributed by atoms with Crippen LogP contribution in [0.3, 0.4) is 0 Å². The second-order valence-electron chi connectivity index (χ2n) is 5.69. The summed E-state index contributed by atoms with van der Waals surface area (Å²) in [5.41, 5.74) is 2.61. The van der Waals surface area contributed by atoms with Gasteiger partial charge in [0.15, 0.2) is 11.5 Å². The van der Waals surface area contributed by atoms with Gasteiger partial charge < -0.3 is 14.2 Å². The first-order valence-corrected chi connectivity index (χ1v) is 7.50. The van der Waals surface area contributed by atoms with Crippen LogP contribution in [0.1, 0.15) is 41.3 Å². The van der Waals surface area contributed by atoms with Crippen molar-refractivity contribution in [1.29, 1.82) is 0 Å². The number of esters is 1. The highest BCUT2D eigenvalue weighted by molar-refractivity contribution is 5.91. The maximum atomic E-state index is 12.4. The fourth-order valence-corrected chi connectivity index (χ4v) is 2.30.